The zero-order valence-electron chi connectivity index (χ0n) is 14.6. The van der Waals surface area contributed by atoms with E-state index in [2.05, 4.69) is 15.5 Å². The number of hydrogen-bond acceptors (Lipinski definition) is 8. The first-order valence-corrected chi connectivity index (χ1v) is 8.43. The fourth-order valence-corrected chi connectivity index (χ4v) is 2.80. The lowest BCUT2D eigenvalue weighted by Gasteiger charge is -2.12. The highest BCUT2D eigenvalue weighted by Crippen LogP contribution is 2.14. The normalized spacial score (nSPS) is 16.8. The highest BCUT2D eigenvalue weighted by atomic mass is 16.5. The maximum Gasteiger partial charge on any atom is 0.361 e. The second-order valence-corrected chi connectivity index (χ2v) is 5.92. The number of hydrogen-bond donors (Lipinski definition) is 1. The Morgan fingerprint density at radius 1 is 1.42 bits per heavy atom. The standard InChI is InChI=1S/C16H20N4O6/c1-3-24-16(23)13-12-14(26-19-13)18-9(2)20(15(12)22)8-11(21)17-7-10-5-4-6-25-10/h10H,3-8H2,1-2H3,(H,17,21). The minimum atomic E-state index is -0.775. The molecule has 1 aliphatic rings. The molecule has 2 aromatic rings. The van der Waals surface area contributed by atoms with Crippen LogP contribution < -0.4 is 10.9 Å². The molecule has 10 heteroatoms. The molecule has 26 heavy (non-hydrogen) atoms. The van der Waals surface area contributed by atoms with Crippen LogP contribution in [0, 0.1) is 6.92 Å². The van der Waals surface area contributed by atoms with Gasteiger partial charge in [-0.2, -0.15) is 4.98 Å². The van der Waals surface area contributed by atoms with Crippen LogP contribution in [0.1, 0.15) is 36.1 Å². The number of rotatable bonds is 6. The lowest BCUT2D eigenvalue weighted by atomic mass is 10.2. The van der Waals surface area contributed by atoms with Crippen LogP contribution in [-0.2, 0) is 20.8 Å². The van der Waals surface area contributed by atoms with Crippen LogP contribution in [-0.4, -0.2) is 52.4 Å². The second kappa shape index (κ2) is 7.65. The van der Waals surface area contributed by atoms with Crippen molar-refractivity contribution in [3.8, 4) is 0 Å². The maximum absolute atomic E-state index is 12.7. The maximum atomic E-state index is 12.7. The predicted molar refractivity (Wildman–Crippen MR) is 88.7 cm³/mol. The molecule has 1 amide bonds. The molecule has 140 valence electrons. The summed E-state index contributed by atoms with van der Waals surface area (Å²) >= 11 is 0. The van der Waals surface area contributed by atoms with Crippen molar-refractivity contribution in [2.24, 2.45) is 0 Å². The SMILES string of the molecule is CCOC(=O)c1noc2nc(C)n(CC(=O)NCC3CCCO3)c(=O)c12. The molecule has 2 aromatic heterocycles. The number of nitrogens with one attached hydrogen (secondary N) is 1. The van der Waals surface area contributed by atoms with Crippen LogP contribution in [0.5, 0.6) is 0 Å². The number of nitrogens with zero attached hydrogens (tertiary/aromatic N) is 3. The van der Waals surface area contributed by atoms with Gasteiger partial charge in [-0.1, -0.05) is 5.16 Å². The minimum Gasteiger partial charge on any atom is -0.461 e. The van der Waals surface area contributed by atoms with Gasteiger partial charge in [0, 0.05) is 13.2 Å². The van der Waals surface area contributed by atoms with E-state index in [-0.39, 0.29) is 47.8 Å². The van der Waals surface area contributed by atoms with E-state index < -0.39 is 11.5 Å². The van der Waals surface area contributed by atoms with Crippen LogP contribution in [0.3, 0.4) is 0 Å². The molecule has 0 spiro atoms. The van der Waals surface area contributed by atoms with Crippen LogP contribution in [0.25, 0.3) is 11.1 Å². The number of carbonyl (C=O) groups excluding carboxylic acids is 2. The minimum absolute atomic E-state index is 0.00543. The van der Waals surface area contributed by atoms with Crippen LogP contribution in [0.15, 0.2) is 9.32 Å². The van der Waals surface area contributed by atoms with Crippen molar-refractivity contribution < 1.29 is 23.6 Å². The topological polar surface area (TPSA) is 126 Å². The third kappa shape index (κ3) is 3.59. The zero-order chi connectivity index (χ0) is 18.7. The van der Waals surface area contributed by atoms with E-state index in [1.165, 1.54) is 4.57 Å². The van der Waals surface area contributed by atoms with Gasteiger partial charge in [-0.3, -0.25) is 14.2 Å². The first kappa shape index (κ1) is 18.1. The van der Waals surface area contributed by atoms with Crippen molar-refractivity contribution in [1.82, 2.24) is 20.0 Å². The summed E-state index contributed by atoms with van der Waals surface area (Å²) in [4.78, 5) is 41.0. The van der Waals surface area contributed by atoms with Gasteiger partial charge in [0.1, 0.15) is 17.8 Å². The molecule has 1 unspecified atom stereocenters. The van der Waals surface area contributed by atoms with E-state index in [9.17, 15) is 14.4 Å². The molecule has 3 rings (SSSR count). The monoisotopic (exact) mass is 364 g/mol. The lowest BCUT2D eigenvalue weighted by Crippen LogP contribution is -2.37. The highest BCUT2D eigenvalue weighted by molar-refractivity contribution is 5.99. The number of ether oxygens (including phenoxy) is 2. The number of aryl methyl sites for hydroxylation is 1. The van der Waals surface area contributed by atoms with Gasteiger partial charge in [-0.15, -0.1) is 0 Å². The van der Waals surface area contributed by atoms with E-state index >= 15 is 0 Å². The molecular weight excluding hydrogens is 344 g/mol. The van der Waals surface area contributed by atoms with Gasteiger partial charge in [0.25, 0.3) is 11.3 Å². The number of carbonyl (C=O) groups is 2. The fourth-order valence-electron chi connectivity index (χ4n) is 2.80. The van der Waals surface area contributed by atoms with Gasteiger partial charge in [-0.05, 0) is 26.7 Å². The van der Waals surface area contributed by atoms with Gasteiger partial charge in [-0.25, -0.2) is 4.79 Å². The molecule has 1 N–H and O–H groups in total. The van der Waals surface area contributed by atoms with Gasteiger partial charge >= 0.3 is 5.97 Å². The largest absolute Gasteiger partial charge is 0.461 e. The Kier molecular flexibility index (Phi) is 5.31. The molecule has 3 heterocycles. The quantitative estimate of drug-likeness (QED) is 0.719. The average Bonchev–Trinajstić information content (AvgIpc) is 3.26. The van der Waals surface area contributed by atoms with Crippen molar-refractivity contribution in [3.63, 3.8) is 0 Å². The average molecular weight is 364 g/mol. The van der Waals surface area contributed by atoms with Gasteiger partial charge < -0.3 is 19.3 Å². The molecule has 0 radical (unpaired) electrons. The smallest absolute Gasteiger partial charge is 0.361 e. The van der Waals surface area contributed by atoms with Crippen molar-refractivity contribution in [2.45, 2.75) is 39.3 Å². The predicted octanol–water partition coefficient (Wildman–Crippen LogP) is 0.165. The third-order valence-corrected chi connectivity index (χ3v) is 4.11. The Morgan fingerprint density at radius 3 is 2.92 bits per heavy atom. The first-order chi connectivity index (χ1) is 12.5. The third-order valence-electron chi connectivity index (χ3n) is 4.11. The number of esters is 1. The number of aromatic nitrogens is 3. The summed E-state index contributed by atoms with van der Waals surface area (Å²) in [7, 11) is 0. The molecule has 1 aliphatic heterocycles. The van der Waals surface area contributed by atoms with E-state index in [1.807, 2.05) is 0 Å². The summed E-state index contributed by atoms with van der Waals surface area (Å²) < 4.78 is 16.4. The van der Waals surface area contributed by atoms with Crippen molar-refractivity contribution in [1.29, 1.82) is 0 Å². The van der Waals surface area contributed by atoms with E-state index in [0.29, 0.717) is 13.2 Å². The van der Waals surface area contributed by atoms with Crippen LogP contribution in [0.4, 0.5) is 0 Å². The summed E-state index contributed by atoms with van der Waals surface area (Å²) in [5.41, 5.74) is -0.886. The van der Waals surface area contributed by atoms with Crippen molar-refractivity contribution in [3.05, 3.63) is 21.9 Å². The van der Waals surface area contributed by atoms with E-state index in [4.69, 9.17) is 14.0 Å². The van der Waals surface area contributed by atoms with Crippen LogP contribution in [0.2, 0.25) is 0 Å². The summed E-state index contributed by atoms with van der Waals surface area (Å²) in [6, 6.07) is 0. The van der Waals surface area contributed by atoms with E-state index in [1.54, 1.807) is 13.8 Å². The van der Waals surface area contributed by atoms with Gasteiger partial charge in [0.15, 0.2) is 0 Å². The lowest BCUT2D eigenvalue weighted by molar-refractivity contribution is -0.122. The molecule has 0 aliphatic carbocycles. The van der Waals surface area contributed by atoms with Crippen LogP contribution >= 0.6 is 0 Å². The summed E-state index contributed by atoms with van der Waals surface area (Å²) in [5, 5.41) is 6.23. The molecule has 1 fully saturated rings. The van der Waals surface area contributed by atoms with Crippen molar-refractivity contribution in [2.75, 3.05) is 19.8 Å². The Morgan fingerprint density at radius 2 is 2.23 bits per heavy atom. The molecule has 0 bridgehead atoms. The number of fused-ring (bicyclic) bond motifs is 1. The number of amides is 1. The summed E-state index contributed by atoms with van der Waals surface area (Å²) in [5.74, 6) is -0.842. The molecule has 1 saturated heterocycles. The van der Waals surface area contributed by atoms with Crippen molar-refractivity contribution >= 4 is 23.0 Å². The molecule has 0 saturated carbocycles. The highest BCUT2D eigenvalue weighted by Gasteiger charge is 2.24. The summed E-state index contributed by atoms with van der Waals surface area (Å²) in [6.45, 7) is 4.20. The molecular formula is C16H20N4O6. The second-order valence-electron chi connectivity index (χ2n) is 5.92. The Labute approximate surface area is 148 Å². The first-order valence-electron chi connectivity index (χ1n) is 8.43. The summed E-state index contributed by atoms with van der Waals surface area (Å²) in [6.07, 6.45) is 1.88. The molecule has 0 aromatic carbocycles. The molecule has 10 nitrogen and oxygen atoms in total. The Hall–Kier alpha value is -2.75. The van der Waals surface area contributed by atoms with E-state index in [0.717, 1.165) is 12.8 Å². The Balaban J connectivity index is 1.83. The fraction of sp³-hybridized carbons (Fsp3) is 0.562. The zero-order valence-corrected chi connectivity index (χ0v) is 14.6. The molecule has 1 atom stereocenters. The van der Waals surface area contributed by atoms with Gasteiger partial charge in [0.2, 0.25) is 11.6 Å². The Bertz CT molecular complexity index is 881. The van der Waals surface area contributed by atoms with Gasteiger partial charge in [0.05, 0.1) is 12.7 Å².